The lowest BCUT2D eigenvalue weighted by Crippen LogP contribution is -2.44. The molecule has 1 unspecified atom stereocenters. The third-order valence-electron chi connectivity index (χ3n) is 5.64. The van der Waals surface area contributed by atoms with E-state index in [1.165, 1.54) is 6.20 Å². The smallest absolute Gasteiger partial charge is 0.358 e. The number of aromatic carboxylic acids is 1. The summed E-state index contributed by atoms with van der Waals surface area (Å²) in [6, 6.07) is 3.51. The SMILES string of the molecule is CC(C)(C)[Si](C)(C)OC1CCN(c2ccc3c(O)c(C(=O)O)ncc3n2)C1. The number of pyridine rings is 2. The highest BCUT2D eigenvalue weighted by Gasteiger charge is 2.40. The van der Waals surface area contributed by atoms with Crippen LogP contribution in [0.2, 0.25) is 18.1 Å². The molecule has 7 nitrogen and oxygen atoms in total. The molecule has 3 rings (SSSR count). The van der Waals surface area contributed by atoms with E-state index in [4.69, 9.17) is 9.53 Å². The number of aromatic nitrogens is 2. The summed E-state index contributed by atoms with van der Waals surface area (Å²) in [5, 5.41) is 19.7. The number of rotatable bonds is 4. The molecule has 3 heterocycles. The van der Waals surface area contributed by atoms with Crippen molar-refractivity contribution in [2.45, 2.75) is 51.4 Å². The summed E-state index contributed by atoms with van der Waals surface area (Å²) in [7, 11) is -1.81. The maximum absolute atomic E-state index is 11.1. The molecule has 1 fully saturated rings. The van der Waals surface area contributed by atoms with Gasteiger partial charge >= 0.3 is 5.97 Å². The fourth-order valence-electron chi connectivity index (χ4n) is 3.04. The summed E-state index contributed by atoms with van der Waals surface area (Å²) in [5.41, 5.74) is 0.116. The number of hydrogen-bond donors (Lipinski definition) is 2. The first-order valence-corrected chi connectivity index (χ1v) is 12.1. The van der Waals surface area contributed by atoms with Crippen molar-refractivity contribution in [1.29, 1.82) is 0 Å². The van der Waals surface area contributed by atoms with Gasteiger partial charge in [-0.15, -0.1) is 0 Å². The number of fused-ring (bicyclic) bond motifs is 1. The van der Waals surface area contributed by atoms with Gasteiger partial charge < -0.3 is 19.5 Å². The molecule has 8 heteroatoms. The van der Waals surface area contributed by atoms with Gasteiger partial charge in [0.1, 0.15) is 5.82 Å². The van der Waals surface area contributed by atoms with E-state index in [0.717, 1.165) is 25.3 Å². The lowest BCUT2D eigenvalue weighted by Gasteiger charge is -2.38. The predicted octanol–water partition coefficient (Wildman–Crippen LogP) is 3.63. The Balaban J connectivity index is 1.79. The highest BCUT2D eigenvalue weighted by Crippen LogP contribution is 2.38. The number of carboxylic acids is 1. The summed E-state index contributed by atoms with van der Waals surface area (Å²) in [6.45, 7) is 12.9. The molecule has 1 aliphatic rings. The molecular weight excluding hydrogens is 362 g/mol. The average molecular weight is 390 g/mol. The number of aromatic hydroxyl groups is 1. The van der Waals surface area contributed by atoms with Crippen LogP contribution in [0.1, 0.15) is 37.7 Å². The largest absolute Gasteiger partial charge is 0.505 e. The van der Waals surface area contributed by atoms with Crippen molar-refractivity contribution in [1.82, 2.24) is 9.97 Å². The zero-order valence-corrected chi connectivity index (χ0v) is 17.5. The van der Waals surface area contributed by atoms with E-state index in [0.29, 0.717) is 10.9 Å². The van der Waals surface area contributed by atoms with Gasteiger partial charge in [0.05, 0.1) is 17.8 Å². The van der Waals surface area contributed by atoms with Crippen molar-refractivity contribution in [3.63, 3.8) is 0 Å². The van der Waals surface area contributed by atoms with Gasteiger partial charge in [-0.05, 0) is 36.7 Å². The van der Waals surface area contributed by atoms with Crippen LogP contribution in [0, 0.1) is 0 Å². The minimum atomic E-state index is -1.81. The third-order valence-corrected chi connectivity index (χ3v) is 10.2. The second-order valence-electron chi connectivity index (χ2n) is 8.60. The Hall–Kier alpha value is -2.19. The summed E-state index contributed by atoms with van der Waals surface area (Å²) >= 11 is 0. The molecule has 2 aromatic rings. The first-order chi connectivity index (χ1) is 12.5. The molecule has 2 N–H and O–H groups in total. The molecule has 146 valence electrons. The van der Waals surface area contributed by atoms with E-state index < -0.39 is 14.3 Å². The standard InChI is InChI=1S/C19H27N3O4Si/c1-19(2,3)27(4,5)26-12-8-9-22(11-12)15-7-6-13-14(21-15)10-20-16(17(13)23)18(24)25/h6-7,10,12,23H,8-9,11H2,1-5H3,(H,24,25). The number of carbonyl (C=O) groups is 1. The van der Waals surface area contributed by atoms with E-state index in [1.54, 1.807) is 6.07 Å². The van der Waals surface area contributed by atoms with Crippen LogP contribution in [-0.4, -0.2) is 53.7 Å². The van der Waals surface area contributed by atoms with Crippen molar-refractivity contribution in [3.05, 3.63) is 24.0 Å². The Morgan fingerprint density at radius 1 is 1.33 bits per heavy atom. The molecule has 0 amide bonds. The first kappa shape index (κ1) is 19.6. The fraction of sp³-hybridized carbons (Fsp3) is 0.526. The molecule has 1 aliphatic heterocycles. The van der Waals surface area contributed by atoms with E-state index >= 15 is 0 Å². The van der Waals surface area contributed by atoms with E-state index in [2.05, 4.69) is 48.7 Å². The first-order valence-electron chi connectivity index (χ1n) is 9.14. The second kappa shape index (κ2) is 6.76. The Labute approximate surface area is 160 Å². The molecular formula is C19H27N3O4Si. The number of carboxylic acid groups (broad SMARTS) is 1. The highest BCUT2D eigenvalue weighted by molar-refractivity contribution is 6.74. The molecule has 1 saturated heterocycles. The number of nitrogens with zero attached hydrogens (tertiary/aromatic N) is 3. The maximum Gasteiger partial charge on any atom is 0.358 e. The zero-order chi connectivity index (χ0) is 20.0. The molecule has 2 aromatic heterocycles. The fourth-order valence-corrected chi connectivity index (χ4v) is 4.42. The Kier molecular flexibility index (Phi) is 4.90. The molecule has 0 spiro atoms. The van der Waals surface area contributed by atoms with E-state index in [-0.39, 0.29) is 22.6 Å². The molecule has 0 radical (unpaired) electrons. The van der Waals surface area contributed by atoms with Crippen molar-refractivity contribution in [3.8, 4) is 5.75 Å². The van der Waals surface area contributed by atoms with Crippen molar-refractivity contribution in [2.24, 2.45) is 0 Å². The van der Waals surface area contributed by atoms with Crippen molar-refractivity contribution >= 4 is 31.0 Å². The zero-order valence-electron chi connectivity index (χ0n) is 16.5. The van der Waals surface area contributed by atoms with Crippen LogP contribution in [0.5, 0.6) is 5.75 Å². The van der Waals surface area contributed by atoms with Gasteiger partial charge in [0, 0.05) is 18.5 Å². The molecule has 0 bridgehead atoms. The molecule has 0 aromatic carbocycles. The third kappa shape index (κ3) is 3.77. The molecule has 0 aliphatic carbocycles. The quantitative estimate of drug-likeness (QED) is 0.771. The van der Waals surface area contributed by atoms with Crippen molar-refractivity contribution < 1.29 is 19.4 Å². The second-order valence-corrected chi connectivity index (χ2v) is 13.4. The van der Waals surface area contributed by atoms with Crippen LogP contribution in [-0.2, 0) is 4.43 Å². The normalized spacial score (nSPS) is 18.3. The van der Waals surface area contributed by atoms with Crippen LogP contribution < -0.4 is 4.90 Å². The van der Waals surface area contributed by atoms with Gasteiger partial charge in [-0.25, -0.2) is 14.8 Å². The van der Waals surface area contributed by atoms with Gasteiger partial charge in [0.25, 0.3) is 0 Å². The molecule has 1 atom stereocenters. The molecule has 27 heavy (non-hydrogen) atoms. The van der Waals surface area contributed by atoms with Crippen LogP contribution in [0.4, 0.5) is 5.82 Å². The molecule has 0 saturated carbocycles. The maximum atomic E-state index is 11.1. The Morgan fingerprint density at radius 2 is 2.04 bits per heavy atom. The Bertz CT molecular complexity index is 879. The van der Waals surface area contributed by atoms with Gasteiger partial charge in [-0.3, -0.25) is 0 Å². The van der Waals surface area contributed by atoms with Crippen LogP contribution >= 0.6 is 0 Å². The summed E-state index contributed by atoms with van der Waals surface area (Å²) in [4.78, 5) is 21.6. The van der Waals surface area contributed by atoms with Gasteiger partial charge in [-0.2, -0.15) is 0 Å². The average Bonchev–Trinajstić information content (AvgIpc) is 3.01. The lowest BCUT2D eigenvalue weighted by molar-refractivity contribution is 0.0687. The number of hydrogen-bond acceptors (Lipinski definition) is 6. The van der Waals surface area contributed by atoms with Crippen LogP contribution in [0.25, 0.3) is 10.9 Å². The van der Waals surface area contributed by atoms with Gasteiger partial charge in [0.15, 0.2) is 19.8 Å². The van der Waals surface area contributed by atoms with Crippen LogP contribution in [0.15, 0.2) is 18.3 Å². The Morgan fingerprint density at radius 3 is 2.67 bits per heavy atom. The minimum absolute atomic E-state index is 0.173. The van der Waals surface area contributed by atoms with Gasteiger partial charge in [-0.1, -0.05) is 20.8 Å². The summed E-state index contributed by atoms with van der Waals surface area (Å²) in [6.07, 6.45) is 2.53. The minimum Gasteiger partial charge on any atom is -0.505 e. The highest BCUT2D eigenvalue weighted by atomic mass is 28.4. The number of anilines is 1. The van der Waals surface area contributed by atoms with Crippen molar-refractivity contribution in [2.75, 3.05) is 18.0 Å². The summed E-state index contributed by atoms with van der Waals surface area (Å²) in [5.74, 6) is -0.823. The van der Waals surface area contributed by atoms with E-state index in [9.17, 15) is 9.90 Å². The lowest BCUT2D eigenvalue weighted by atomic mass is 10.2. The van der Waals surface area contributed by atoms with Crippen LogP contribution in [0.3, 0.4) is 0 Å². The monoisotopic (exact) mass is 389 g/mol. The summed E-state index contributed by atoms with van der Waals surface area (Å²) < 4.78 is 6.52. The topological polar surface area (TPSA) is 95.8 Å². The van der Waals surface area contributed by atoms with Gasteiger partial charge in [0.2, 0.25) is 0 Å². The van der Waals surface area contributed by atoms with E-state index in [1.807, 2.05) is 6.07 Å². The predicted molar refractivity (Wildman–Crippen MR) is 107 cm³/mol.